The fourth-order valence-corrected chi connectivity index (χ4v) is 2.27. The van der Waals surface area contributed by atoms with E-state index in [1.165, 1.54) is 19.3 Å². The van der Waals surface area contributed by atoms with Gasteiger partial charge in [0.1, 0.15) is 0 Å². The first kappa shape index (κ1) is 23.2. The molecule has 130 valence electrons. The molecule has 1 saturated heterocycles. The number of aliphatic hydroxyl groups excluding tert-OH is 1. The molecule has 0 atom stereocenters. The van der Waals surface area contributed by atoms with Gasteiger partial charge < -0.3 is 5.11 Å². The molecule has 21 heavy (non-hydrogen) atoms. The second-order valence-corrected chi connectivity index (χ2v) is 8.08. The first-order chi connectivity index (χ1) is 9.10. The average Bonchev–Trinajstić information content (AvgIpc) is 2.35. The number of aliphatic hydroxyl groups is 1. The average molecular weight is 303 g/mol. The number of unbranched alkanes of at least 4 members (excludes halogenated alkanes) is 1. The fraction of sp³-hybridized carbons (Fsp3) is 1.00. The Morgan fingerprint density at radius 3 is 1.62 bits per heavy atom. The molecule has 0 aliphatic carbocycles. The molecule has 1 N–H and O–H groups in total. The van der Waals surface area contributed by atoms with Gasteiger partial charge in [0.25, 0.3) is 0 Å². The zero-order chi connectivity index (χ0) is 15.8. The molecule has 0 spiro atoms. The molecule has 0 saturated carbocycles. The quantitative estimate of drug-likeness (QED) is 0.846. The summed E-state index contributed by atoms with van der Waals surface area (Å²) in [5, 5.41) is 8.89. The molecule has 0 amide bonds. The highest BCUT2D eigenvalue weighted by molar-refractivity contribution is 4.80. The fourth-order valence-electron chi connectivity index (χ4n) is 2.27. The van der Waals surface area contributed by atoms with Crippen LogP contribution in [0.4, 0.5) is 0 Å². The Balaban J connectivity index is 0. The van der Waals surface area contributed by atoms with Gasteiger partial charge >= 0.3 is 0 Å². The van der Waals surface area contributed by atoms with Gasteiger partial charge in [0, 0.05) is 31.7 Å². The van der Waals surface area contributed by atoms with Gasteiger partial charge in [-0.05, 0) is 32.6 Å². The minimum Gasteiger partial charge on any atom is -0.381 e. The lowest BCUT2D eigenvalue weighted by Crippen LogP contribution is -2.53. The molecule has 1 aliphatic rings. The summed E-state index contributed by atoms with van der Waals surface area (Å²) < 4.78 is 0. The van der Waals surface area contributed by atoms with E-state index in [9.17, 15) is 0 Å². The number of hydrogen-bond acceptors (Lipinski definition) is 3. The van der Waals surface area contributed by atoms with Crippen LogP contribution in [0.15, 0.2) is 0 Å². The molecule has 3 heteroatoms. The van der Waals surface area contributed by atoms with E-state index in [1.54, 1.807) is 0 Å². The van der Waals surface area contributed by atoms with E-state index >= 15 is 0 Å². The van der Waals surface area contributed by atoms with Crippen molar-refractivity contribution in [3.05, 3.63) is 0 Å². The molecule has 3 nitrogen and oxygen atoms in total. The topological polar surface area (TPSA) is 26.7 Å². The molecule has 1 heterocycles. The van der Waals surface area contributed by atoms with Crippen LogP contribution in [0, 0.1) is 5.41 Å². The van der Waals surface area contributed by atoms with Crippen molar-refractivity contribution in [3.63, 3.8) is 0 Å². The number of piperazine rings is 1. The van der Waals surface area contributed by atoms with Crippen LogP contribution >= 0.6 is 0 Å². The second-order valence-electron chi connectivity index (χ2n) is 8.08. The van der Waals surface area contributed by atoms with Crippen molar-refractivity contribution in [2.75, 3.05) is 32.9 Å². The smallest absolute Gasteiger partial charge is 0.0957 e. The Morgan fingerprint density at radius 1 is 0.905 bits per heavy atom. The lowest BCUT2D eigenvalue weighted by molar-refractivity contribution is 0.0197. The van der Waals surface area contributed by atoms with E-state index < -0.39 is 0 Å². The summed E-state index contributed by atoms with van der Waals surface area (Å²) in [6.45, 7) is 20.2. The van der Waals surface area contributed by atoms with Gasteiger partial charge in [-0.2, -0.15) is 0 Å². The van der Waals surface area contributed by atoms with E-state index in [0.29, 0.717) is 5.41 Å². The summed E-state index contributed by atoms with van der Waals surface area (Å²) in [5.74, 6) is 0. The molecule has 1 aliphatic heterocycles. The summed E-state index contributed by atoms with van der Waals surface area (Å²) in [7, 11) is 0. The molecule has 0 aromatic rings. The van der Waals surface area contributed by atoms with Gasteiger partial charge in [-0.15, -0.1) is 0 Å². The SMILES string of the molecule is C.CC(C)(C)N1CCN(CO)CC1.CCCCC(C)(C)C. The first-order valence-corrected chi connectivity index (χ1v) is 8.18. The van der Waals surface area contributed by atoms with Gasteiger partial charge in [0.2, 0.25) is 0 Å². The maximum absolute atomic E-state index is 8.89. The van der Waals surface area contributed by atoms with Crippen molar-refractivity contribution in [1.82, 2.24) is 9.80 Å². The van der Waals surface area contributed by atoms with E-state index in [1.807, 2.05) is 0 Å². The Bertz CT molecular complexity index is 233. The van der Waals surface area contributed by atoms with Gasteiger partial charge in [-0.3, -0.25) is 9.80 Å². The van der Waals surface area contributed by atoms with Crippen LogP contribution < -0.4 is 0 Å². The van der Waals surface area contributed by atoms with Crippen molar-refractivity contribution in [2.45, 2.75) is 80.7 Å². The van der Waals surface area contributed by atoms with Crippen LogP contribution in [0.2, 0.25) is 0 Å². The monoisotopic (exact) mass is 302 g/mol. The highest BCUT2D eigenvalue weighted by Crippen LogP contribution is 2.20. The summed E-state index contributed by atoms with van der Waals surface area (Å²) in [6.07, 6.45) is 4.07. The van der Waals surface area contributed by atoms with Crippen molar-refractivity contribution < 1.29 is 5.11 Å². The summed E-state index contributed by atoms with van der Waals surface area (Å²) in [5.41, 5.74) is 0.831. The largest absolute Gasteiger partial charge is 0.381 e. The van der Waals surface area contributed by atoms with E-state index in [-0.39, 0.29) is 19.7 Å². The van der Waals surface area contributed by atoms with Gasteiger partial charge in [0.05, 0.1) is 6.73 Å². The van der Waals surface area contributed by atoms with E-state index in [4.69, 9.17) is 5.11 Å². The molecule has 1 fully saturated rings. The molecule has 0 radical (unpaired) electrons. The van der Waals surface area contributed by atoms with Crippen molar-refractivity contribution >= 4 is 0 Å². The van der Waals surface area contributed by atoms with Gasteiger partial charge in [0.15, 0.2) is 0 Å². The molecule has 0 aromatic heterocycles. The van der Waals surface area contributed by atoms with E-state index in [2.05, 4.69) is 58.3 Å². The van der Waals surface area contributed by atoms with Crippen LogP contribution in [0.25, 0.3) is 0 Å². The van der Waals surface area contributed by atoms with Crippen LogP contribution in [0.1, 0.15) is 75.2 Å². The third-order valence-corrected chi connectivity index (χ3v) is 3.80. The van der Waals surface area contributed by atoms with Crippen LogP contribution in [-0.2, 0) is 0 Å². The lowest BCUT2D eigenvalue weighted by atomic mass is 9.90. The zero-order valence-corrected chi connectivity index (χ0v) is 15.0. The van der Waals surface area contributed by atoms with Crippen molar-refractivity contribution in [2.24, 2.45) is 5.41 Å². The normalized spacial score (nSPS) is 17.7. The summed E-state index contributed by atoms with van der Waals surface area (Å²) in [6, 6.07) is 0. The molecule has 0 aromatic carbocycles. The Kier molecular flexibility index (Phi) is 11.7. The zero-order valence-electron chi connectivity index (χ0n) is 15.0. The maximum atomic E-state index is 8.89. The Labute approximate surface area is 134 Å². The minimum atomic E-state index is 0. The third-order valence-electron chi connectivity index (χ3n) is 3.80. The first-order valence-electron chi connectivity index (χ1n) is 8.18. The summed E-state index contributed by atoms with van der Waals surface area (Å²) in [4.78, 5) is 4.53. The standard InChI is InChI=1S/C9H20N2O.C8H18.CH4/c1-9(2,3)11-6-4-10(8-12)5-7-11;1-5-6-7-8(2,3)4;/h12H,4-8H2,1-3H3;5-7H2,1-4H3;1H4. The highest BCUT2D eigenvalue weighted by atomic mass is 16.3. The number of nitrogens with zero attached hydrogens (tertiary/aromatic N) is 2. The van der Waals surface area contributed by atoms with Crippen LogP contribution in [0.5, 0.6) is 0 Å². The number of hydrogen-bond donors (Lipinski definition) is 1. The maximum Gasteiger partial charge on any atom is 0.0957 e. The lowest BCUT2D eigenvalue weighted by Gasteiger charge is -2.41. The Hall–Kier alpha value is -0.120. The molecule has 0 bridgehead atoms. The predicted octanol–water partition coefficient (Wildman–Crippen LogP) is 4.21. The molecule has 1 rings (SSSR count). The molecule has 0 unspecified atom stereocenters. The van der Waals surface area contributed by atoms with Gasteiger partial charge in [-0.1, -0.05) is 48.0 Å². The number of rotatable bonds is 3. The van der Waals surface area contributed by atoms with Crippen molar-refractivity contribution in [3.8, 4) is 0 Å². The highest BCUT2D eigenvalue weighted by Gasteiger charge is 2.25. The van der Waals surface area contributed by atoms with Crippen LogP contribution in [-0.4, -0.2) is 53.4 Å². The van der Waals surface area contributed by atoms with E-state index in [0.717, 1.165) is 26.2 Å². The summed E-state index contributed by atoms with van der Waals surface area (Å²) >= 11 is 0. The second kappa shape index (κ2) is 10.6. The molecular weight excluding hydrogens is 260 g/mol. The van der Waals surface area contributed by atoms with Gasteiger partial charge in [-0.25, -0.2) is 0 Å². The van der Waals surface area contributed by atoms with Crippen LogP contribution in [0.3, 0.4) is 0 Å². The Morgan fingerprint density at radius 2 is 1.38 bits per heavy atom. The minimum absolute atomic E-state index is 0. The molecular formula is C18H42N2O. The van der Waals surface area contributed by atoms with Crippen molar-refractivity contribution in [1.29, 1.82) is 0 Å². The predicted molar refractivity (Wildman–Crippen MR) is 95.7 cm³/mol. The third kappa shape index (κ3) is 12.1.